The number of hydrogen-bond donors (Lipinski definition) is 5. The zero-order chi connectivity index (χ0) is 28.9. The van der Waals surface area contributed by atoms with Crippen LogP contribution in [0.3, 0.4) is 0 Å². The second kappa shape index (κ2) is 8.54. The molecule has 10 nitrogen and oxygen atoms in total. The van der Waals surface area contributed by atoms with Gasteiger partial charge in [-0.1, -0.05) is 0 Å². The molecule has 0 aromatic heterocycles. The van der Waals surface area contributed by atoms with Crippen LogP contribution in [-0.4, -0.2) is 87.0 Å². The minimum absolute atomic E-state index is 0.145. The van der Waals surface area contributed by atoms with Crippen LogP contribution in [0.5, 0.6) is 5.75 Å². The Labute approximate surface area is 220 Å². The van der Waals surface area contributed by atoms with Gasteiger partial charge in [0.25, 0.3) is 5.91 Å². The monoisotopic (exact) mass is 551 g/mol. The number of halogens is 3. The molecule has 13 heteroatoms. The largest absolute Gasteiger partial charge is 0.508 e. The summed E-state index contributed by atoms with van der Waals surface area (Å²) in [6.45, 7) is 0.566. The first-order valence-corrected chi connectivity index (χ1v) is 12.3. The van der Waals surface area contributed by atoms with E-state index in [4.69, 9.17) is 5.73 Å². The number of benzene rings is 1. The molecule has 5 rings (SSSR count). The Hall–Kier alpha value is -3.42. The van der Waals surface area contributed by atoms with Crippen molar-refractivity contribution >= 4 is 23.2 Å². The van der Waals surface area contributed by atoms with Gasteiger partial charge in [0.1, 0.15) is 22.8 Å². The van der Waals surface area contributed by atoms with Crippen molar-refractivity contribution in [3.8, 4) is 5.75 Å². The number of carbonyl (C=O) groups excluding carboxylic acids is 3. The molecular weight excluding hydrogens is 523 g/mol. The molecule has 5 atom stereocenters. The number of hydrogen-bond acceptors (Lipinski definition) is 9. The third kappa shape index (κ3) is 3.56. The van der Waals surface area contributed by atoms with Crippen LogP contribution in [0.4, 0.5) is 13.2 Å². The lowest BCUT2D eigenvalue weighted by Gasteiger charge is -2.50. The molecule has 6 N–H and O–H groups in total. The van der Waals surface area contributed by atoms with Crippen molar-refractivity contribution in [2.24, 2.45) is 17.6 Å². The van der Waals surface area contributed by atoms with Crippen molar-refractivity contribution in [3.05, 3.63) is 45.2 Å². The molecular formula is C26H28F3N3O7. The summed E-state index contributed by atoms with van der Waals surface area (Å²) in [5.41, 5.74) is -1.16. The fourth-order valence-corrected chi connectivity index (χ4v) is 6.85. The number of nitrogens with two attached hydrogens (primary N) is 1. The minimum Gasteiger partial charge on any atom is -0.508 e. The SMILES string of the molecule is CN1CCC1c1cc(O)c2c(c1C(F)(F)F)C[C@H]1C[C@H]3[C@H](N(C)C)C(=O)C(C(N)=O)=C(O)[C@@]3(O)C(=O)C1=C2O. The molecule has 1 amide bonds. The number of aromatic hydroxyl groups is 1. The number of phenols is 1. The van der Waals surface area contributed by atoms with Gasteiger partial charge in [0.05, 0.1) is 17.2 Å². The van der Waals surface area contributed by atoms with Crippen molar-refractivity contribution in [1.29, 1.82) is 0 Å². The van der Waals surface area contributed by atoms with Gasteiger partial charge in [0, 0.05) is 24.1 Å². The van der Waals surface area contributed by atoms with Crippen molar-refractivity contribution < 1.29 is 48.0 Å². The summed E-state index contributed by atoms with van der Waals surface area (Å²) in [5.74, 6) is -8.95. The Morgan fingerprint density at radius 2 is 1.85 bits per heavy atom. The van der Waals surface area contributed by atoms with E-state index in [9.17, 15) is 48.0 Å². The summed E-state index contributed by atoms with van der Waals surface area (Å²) >= 11 is 0. The van der Waals surface area contributed by atoms with Crippen LogP contribution < -0.4 is 5.73 Å². The lowest BCUT2D eigenvalue weighted by Crippen LogP contribution is -2.65. The number of aliphatic hydroxyl groups excluding tert-OH is 2. The molecule has 1 saturated carbocycles. The number of ketones is 2. The lowest BCUT2D eigenvalue weighted by atomic mass is 9.57. The Morgan fingerprint density at radius 1 is 1.21 bits per heavy atom. The van der Waals surface area contributed by atoms with E-state index in [-0.39, 0.29) is 17.5 Å². The van der Waals surface area contributed by atoms with Crippen LogP contribution >= 0.6 is 0 Å². The van der Waals surface area contributed by atoms with Crippen LogP contribution in [0.15, 0.2) is 23.0 Å². The summed E-state index contributed by atoms with van der Waals surface area (Å²) in [5, 5.41) is 44.4. The van der Waals surface area contributed by atoms with E-state index in [0.717, 1.165) is 6.07 Å². The van der Waals surface area contributed by atoms with E-state index >= 15 is 0 Å². The number of likely N-dealkylation sites (N-methyl/N-ethyl adjacent to an activating group) is 1. The summed E-state index contributed by atoms with van der Waals surface area (Å²) in [7, 11) is 4.53. The van der Waals surface area contributed by atoms with Crippen LogP contribution in [-0.2, 0) is 27.0 Å². The molecule has 39 heavy (non-hydrogen) atoms. The van der Waals surface area contributed by atoms with Gasteiger partial charge < -0.3 is 26.2 Å². The molecule has 1 saturated heterocycles. The maximum absolute atomic E-state index is 14.5. The highest BCUT2D eigenvalue weighted by molar-refractivity contribution is 6.24. The second-order valence-corrected chi connectivity index (χ2v) is 11.0. The number of rotatable bonds is 3. The minimum atomic E-state index is -4.86. The fraction of sp³-hybridized carbons (Fsp3) is 0.500. The number of primary amides is 1. The molecule has 1 aromatic rings. The maximum Gasteiger partial charge on any atom is 0.417 e. The summed E-state index contributed by atoms with van der Waals surface area (Å²) < 4.78 is 43.6. The van der Waals surface area contributed by atoms with Gasteiger partial charge in [-0.25, -0.2) is 0 Å². The Balaban J connectivity index is 1.76. The Morgan fingerprint density at radius 3 is 2.33 bits per heavy atom. The van der Waals surface area contributed by atoms with Gasteiger partial charge in [-0.3, -0.25) is 24.2 Å². The van der Waals surface area contributed by atoms with E-state index in [1.54, 1.807) is 11.9 Å². The topological polar surface area (TPSA) is 165 Å². The number of phenolic OH excluding ortho intramolecular Hbond substituents is 1. The Kier molecular flexibility index (Phi) is 5.95. The second-order valence-electron chi connectivity index (χ2n) is 11.0. The Bertz CT molecular complexity index is 1400. The molecule has 0 bridgehead atoms. The van der Waals surface area contributed by atoms with E-state index in [0.29, 0.717) is 13.0 Å². The number of likely N-dealkylation sites (tertiary alicyclic amines) is 1. The normalized spacial score (nSPS) is 31.2. The van der Waals surface area contributed by atoms with Crippen molar-refractivity contribution in [2.45, 2.75) is 43.1 Å². The molecule has 4 aliphatic rings. The van der Waals surface area contributed by atoms with Gasteiger partial charge in [0.2, 0.25) is 5.78 Å². The smallest absolute Gasteiger partial charge is 0.417 e. The molecule has 1 heterocycles. The standard InChI is InChI=1S/C26H28F3N3O7/c1-31(2)19-12-7-9-6-11-16(14(33)8-10(13-4-5-32(13)3)18(11)26(27,28)29)20(34)15(9)22(36)25(12,39)23(37)17(21(19)35)24(30)38/h8-9,12-13,19,33-34,37,39H,4-7H2,1-3H3,(H2,30,38)/t9-,12-,13?,19-,25-/m0/s1. The number of amides is 1. The van der Waals surface area contributed by atoms with Gasteiger partial charge in [0.15, 0.2) is 11.4 Å². The number of carbonyl (C=O) groups is 3. The van der Waals surface area contributed by atoms with Crippen molar-refractivity contribution in [1.82, 2.24) is 9.80 Å². The number of Topliss-reactive ketones (excluding diaryl/α,β-unsaturated/α-hetero) is 2. The lowest BCUT2D eigenvalue weighted by molar-refractivity contribution is -0.153. The molecule has 1 aromatic carbocycles. The predicted molar refractivity (Wildman–Crippen MR) is 129 cm³/mol. The van der Waals surface area contributed by atoms with Gasteiger partial charge in [-0.15, -0.1) is 0 Å². The highest BCUT2D eigenvalue weighted by Gasteiger charge is 2.64. The third-order valence-corrected chi connectivity index (χ3v) is 8.68. The number of aliphatic hydroxyl groups is 3. The van der Waals surface area contributed by atoms with E-state index in [1.807, 2.05) is 0 Å². The van der Waals surface area contributed by atoms with Crippen molar-refractivity contribution in [3.63, 3.8) is 0 Å². The van der Waals surface area contributed by atoms with Crippen LogP contribution in [0.1, 0.15) is 41.1 Å². The first kappa shape index (κ1) is 27.2. The van der Waals surface area contributed by atoms with E-state index in [1.165, 1.54) is 19.0 Å². The van der Waals surface area contributed by atoms with Crippen molar-refractivity contribution in [2.75, 3.05) is 27.7 Å². The highest BCUT2D eigenvalue weighted by atomic mass is 19.4. The van der Waals surface area contributed by atoms with Crippen LogP contribution in [0.2, 0.25) is 0 Å². The molecule has 0 radical (unpaired) electrons. The van der Waals surface area contributed by atoms with E-state index < -0.39 is 99.1 Å². The van der Waals surface area contributed by atoms with E-state index in [2.05, 4.69) is 0 Å². The molecule has 3 aliphatic carbocycles. The summed E-state index contributed by atoms with van der Waals surface area (Å²) in [4.78, 5) is 42.0. The predicted octanol–water partition coefficient (Wildman–Crippen LogP) is 1.36. The number of alkyl halides is 3. The molecule has 0 spiro atoms. The first-order chi connectivity index (χ1) is 18.0. The number of fused-ring (bicyclic) bond motifs is 3. The molecule has 2 fully saturated rings. The summed E-state index contributed by atoms with van der Waals surface area (Å²) in [6, 6.07) is -0.993. The van der Waals surface area contributed by atoms with Crippen LogP contribution in [0, 0.1) is 11.8 Å². The average Bonchev–Trinajstić information content (AvgIpc) is 2.78. The molecule has 210 valence electrons. The average molecular weight is 552 g/mol. The van der Waals surface area contributed by atoms with Crippen LogP contribution in [0.25, 0.3) is 5.76 Å². The molecule has 1 aliphatic heterocycles. The maximum atomic E-state index is 14.5. The van der Waals surface area contributed by atoms with Gasteiger partial charge in [-0.05, 0) is 63.5 Å². The highest BCUT2D eigenvalue weighted by Crippen LogP contribution is 2.55. The van der Waals surface area contributed by atoms with Gasteiger partial charge in [-0.2, -0.15) is 13.2 Å². The first-order valence-electron chi connectivity index (χ1n) is 12.3. The van der Waals surface area contributed by atoms with Gasteiger partial charge >= 0.3 is 6.18 Å². The zero-order valence-electron chi connectivity index (χ0n) is 21.3. The summed E-state index contributed by atoms with van der Waals surface area (Å²) in [6.07, 6.45) is -5.15. The molecule has 1 unspecified atom stereocenters. The zero-order valence-corrected chi connectivity index (χ0v) is 21.3. The quantitative estimate of drug-likeness (QED) is 0.349. The third-order valence-electron chi connectivity index (χ3n) is 8.68. The number of nitrogens with zero attached hydrogens (tertiary/aromatic N) is 2. The fourth-order valence-electron chi connectivity index (χ4n) is 6.85.